The number of halogens is 1. The summed E-state index contributed by atoms with van der Waals surface area (Å²) in [6.45, 7) is 1.56. The van der Waals surface area contributed by atoms with Gasteiger partial charge in [0.25, 0.3) is 0 Å². The van der Waals surface area contributed by atoms with Crippen LogP contribution in [-0.4, -0.2) is 33.0 Å². The highest BCUT2D eigenvalue weighted by Crippen LogP contribution is 2.30. The van der Waals surface area contributed by atoms with Crippen LogP contribution in [0.1, 0.15) is 32.6 Å². The molecule has 1 saturated carbocycles. The summed E-state index contributed by atoms with van der Waals surface area (Å²) in [5.41, 5.74) is 0.709. The van der Waals surface area contributed by atoms with E-state index >= 15 is 0 Å². The predicted octanol–water partition coefficient (Wildman–Crippen LogP) is 4.25. The lowest BCUT2D eigenvalue weighted by molar-refractivity contribution is -0.120. The van der Waals surface area contributed by atoms with Gasteiger partial charge in [-0.3, -0.25) is 4.79 Å². The first-order valence-electron chi connectivity index (χ1n) is 9.64. The lowest BCUT2D eigenvalue weighted by Crippen LogP contribution is -2.40. The van der Waals surface area contributed by atoms with E-state index in [1.807, 2.05) is 24.3 Å². The first kappa shape index (κ1) is 19.4. The Labute approximate surface area is 173 Å². The average molecular weight is 412 g/mol. The molecule has 1 aliphatic carbocycles. The number of hydrogen-bond donors (Lipinski definition) is 2. The van der Waals surface area contributed by atoms with Gasteiger partial charge in [0.05, 0.1) is 18.1 Å². The molecule has 2 N–H and O–H groups in total. The maximum absolute atomic E-state index is 11.3. The summed E-state index contributed by atoms with van der Waals surface area (Å²) < 4.78 is 6.22. The van der Waals surface area contributed by atoms with Crippen LogP contribution < -0.4 is 15.4 Å². The van der Waals surface area contributed by atoms with Crippen molar-refractivity contribution in [2.24, 2.45) is 0 Å². The van der Waals surface area contributed by atoms with Crippen molar-refractivity contribution in [3.05, 3.63) is 48.1 Å². The Balaban J connectivity index is 1.49. The molecule has 0 unspecified atom stereocenters. The molecule has 4 rings (SSSR count). The maximum atomic E-state index is 11.3. The molecule has 3 aromatic rings. The van der Waals surface area contributed by atoms with Gasteiger partial charge in [0, 0.05) is 31.0 Å². The number of pyridine rings is 1. The van der Waals surface area contributed by atoms with E-state index in [4.69, 9.17) is 16.3 Å². The van der Waals surface area contributed by atoms with Gasteiger partial charge in [0.1, 0.15) is 17.7 Å². The number of carbonyl (C=O) groups is 1. The molecular weight excluding hydrogens is 390 g/mol. The molecule has 0 bridgehead atoms. The molecule has 29 heavy (non-hydrogen) atoms. The van der Waals surface area contributed by atoms with Crippen molar-refractivity contribution in [3.63, 3.8) is 0 Å². The summed E-state index contributed by atoms with van der Waals surface area (Å²) in [6, 6.07) is 8.10. The second-order valence-corrected chi connectivity index (χ2v) is 7.55. The van der Waals surface area contributed by atoms with Gasteiger partial charge in [-0.25, -0.2) is 15.0 Å². The number of benzene rings is 1. The van der Waals surface area contributed by atoms with Crippen LogP contribution in [0.15, 0.2) is 42.9 Å². The number of aromatic nitrogens is 3. The number of carbonyl (C=O) groups excluding carboxylic acids is 1. The lowest BCUT2D eigenvalue weighted by Gasteiger charge is -2.30. The highest BCUT2D eigenvalue weighted by atomic mass is 35.5. The van der Waals surface area contributed by atoms with Crippen LogP contribution in [0.25, 0.3) is 10.8 Å². The first-order valence-corrected chi connectivity index (χ1v) is 10.0. The summed E-state index contributed by atoms with van der Waals surface area (Å²) in [7, 11) is 0. The Hall–Kier alpha value is -2.93. The second-order valence-electron chi connectivity index (χ2n) is 7.21. The van der Waals surface area contributed by atoms with E-state index in [0.29, 0.717) is 11.5 Å². The van der Waals surface area contributed by atoms with Crippen LogP contribution in [0.3, 0.4) is 0 Å². The van der Waals surface area contributed by atoms with E-state index < -0.39 is 0 Å². The van der Waals surface area contributed by atoms with Crippen molar-refractivity contribution < 1.29 is 9.53 Å². The summed E-state index contributed by atoms with van der Waals surface area (Å²) in [6.07, 6.45) is 8.95. The molecule has 7 nitrogen and oxygen atoms in total. The van der Waals surface area contributed by atoms with Gasteiger partial charge in [0.15, 0.2) is 0 Å². The van der Waals surface area contributed by atoms with Crippen LogP contribution in [0.2, 0.25) is 5.28 Å². The molecule has 0 saturated heterocycles. The van der Waals surface area contributed by atoms with Crippen molar-refractivity contribution >= 4 is 39.8 Å². The van der Waals surface area contributed by atoms with E-state index in [-0.39, 0.29) is 23.3 Å². The predicted molar refractivity (Wildman–Crippen MR) is 113 cm³/mol. The number of nitrogens with one attached hydrogen (secondary N) is 2. The van der Waals surface area contributed by atoms with Gasteiger partial charge in [0.2, 0.25) is 11.2 Å². The quantitative estimate of drug-likeness (QED) is 0.610. The number of rotatable bonds is 5. The SMILES string of the molecule is CC(=O)N[C@H]1CCC[C@@H](Oc2ccc3c(Nc4cnc(Cl)nc4)nccc3c2)C1. The summed E-state index contributed by atoms with van der Waals surface area (Å²) in [5, 5.41) is 8.42. The fourth-order valence-electron chi connectivity index (χ4n) is 3.71. The second kappa shape index (κ2) is 8.61. The number of amides is 1. The standard InChI is InChI=1S/C21H22ClN5O2/c1-13(28)26-15-3-2-4-17(10-15)29-18-5-6-19-14(9-18)7-8-23-20(19)27-16-11-24-21(22)25-12-16/h5-9,11-12,15,17H,2-4,10H2,1H3,(H,23,27)(H,26,28)/t15-,17+/m0/s1. The number of ether oxygens (including phenoxy) is 1. The third-order valence-electron chi connectivity index (χ3n) is 4.96. The Morgan fingerprint density at radius 3 is 2.79 bits per heavy atom. The maximum Gasteiger partial charge on any atom is 0.222 e. The van der Waals surface area contributed by atoms with E-state index in [2.05, 4.69) is 25.6 Å². The highest BCUT2D eigenvalue weighted by molar-refractivity contribution is 6.28. The van der Waals surface area contributed by atoms with Crippen molar-refractivity contribution in [1.29, 1.82) is 0 Å². The number of hydrogen-bond acceptors (Lipinski definition) is 6. The normalized spacial score (nSPS) is 19.0. The van der Waals surface area contributed by atoms with Crippen molar-refractivity contribution in [2.45, 2.75) is 44.8 Å². The molecule has 2 atom stereocenters. The molecule has 8 heteroatoms. The fraction of sp³-hybridized carbons (Fsp3) is 0.333. The van der Waals surface area contributed by atoms with Crippen molar-refractivity contribution in [3.8, 4) is 5.75 Å². The Morgan fingerprint density at radius 1 is 1.17 bits per heavy atom. The molecule has 0 radical (unpaired) electrons. The van der Waals surface area contributed by atoms with E-state index in [1.165, 1.54) is 0 Å². The molecule has 1 aliphatic rings. The topological polar surface area (TPSA) is 89.0 Å². The molecule has 150 valence electrons. The number of nitrogens with zero attached hydrogens (tertiary/aromatic N) is 3. The van der Waals surface area contributed by atoms with Crippen LogP contribution in [0.4, 0.5) is 11.5 Å². The zero-order valence-corrected chi connectivity index (χ0v) is 16.8. The molecule has 2 heterocycles. The van der Waals surface area contributed by atoms with Crippen LogP contribution >= 0.6 is 11.6 Å². The lowest BCUT2D eigenvalue weighted by atomic mass is 9.92. The zero-order valence-electron chi connectivity index (χ0n) is 16.1. The third-order valence-corrected chi connectivity index (χ3v) is 5.15. The highest BCUT2D eigenvalue weighted by Gasteiger charge is 2.24. The molecule has 0 aliphatic heterocycles. The van der Waals surface area contributed by atoms with Gasteiger partial charge in [-0.15, -0.1) is 0 Å². The van der Waals surface area contributed by atoms with E-state index in [9.17, 15) is 4.79 Å². The molecule has 1 fully saturated rings. The van der Waals surface area contributed by atoms with Crippen LogP contribution in [0.5, 0.6) is 5.75 Å². The summed E-state index contributed by atoms with van der Waals surface area (Å²) >= 11 is 5.74. The Bertz CT molecular complexity index is 1010. The van der Waals surface area contributed by atoms with Crippen LogP contribution in [-0.2, 0) is 4.79 Å². The summed E-state index contributed by atoms with van der Waals surface area (Å²) in [4.78, 5) is 23.7. The minimum atomic E-state index is 0.0139. The van der Waals surface area contributed by atoms with Gasteiger partial charge in [-0.2, -0.15) is 0 Å². The molecule has 2 aromatic heterocycles. The zero-order chi connectivity index (χ0) is 20.2. The molecule has 1 amide bonds. The largest absolute Gasteiger partial charge is 0.490 e. The van der Waals surface area contributed by atoms with Crippen LogP contribution in [0, 0.1) is 0 Å². The summed E-state index contributed by atoms with van der Waals surface area (Å²) in [5.74, 6) is 1.54. The molecular formula is C21H22ClN5O2. The fourth-order valence-corrected chi connectivity index (χ4v) is 3.80. The van der Waals surface area contributed by atoms with Crippen molar-refractivity contribution in [1.82, 2.24) is 20.3 Å². The van der Waals surface area contributed by atoms with E-state index in [1.54, 1.807) is 25.5 Å². The average Bonchev–Trinajstić information content (AvgIpc) is 2.69. The van der Waals surface area contributed by atoms with E-state index in [0.717, 1.165) is 42.2 Å². The Kier molecular flexibility index (Phi) is 5.76. The minimum absolute atomic E-state index is 0.0139. The number of anilines is 2. The third kappa shape index (κ3) is 4.92. The number of fused-ring (bicyclic) bond motifs is 1. The van der Waals surface area contributed by atoms with Gasteiger partial charge >= 0.3 is 0 Å². The van der Waals surface area contributed by atoms with Gasteiger partial charge in [-0.05, 0) is 60.5 Å². The molecule has 1 aromatic carbocycles. The van der Waals surface area contributed by atoms with Gasteiger partial charge < -0.3 is 15.4 Å². The molecule has 0 spiro atoms. The smallest absolute Gasteiger partial charge is 0.222 e. The monoisotopic (exact) mass is 411 g/mol. The minimum Gasteiger partial charge on any atom is -0.490 e. The van der Waals surface area contributed by atoms with Gasteiger partial charge in [-0.1, -0.05) is 0 Å². The Morgan fingerprint density at radius 2 is 2.00 bits per heavy atom. The first-order chi connectivity index (χ1) is 14.1. The van der Waals surface area contributed by atoms with Crippen molar-refractivity contribution in [2.75, 3.05) is 5.32 Å².